The van der Waals surface area contributed by atoms with Crippen molar-refractivity contribution in [2.75, 3.05) is 13.2 Å². The van der Waals surface area contributed by atoms with Gasteiger partial charge < -0.3 is 9.47 Å². The smallest absolute Gasteiger partial charge is 0.411 e. The van der Waals surface area contributed by atoms with E-state index in [2.05, 4.69) is 0 Å². The molecule has 0 aliphatic carbocycles. The Labute approximate surface area is 113 Å². The number of hydrogen-bond acceptors (Lipinski definition) is 5. The van der Waals surface area contributed by atoms with Crippen molar-refractivity contribution < 1.29 is 23.9 Å². The van der Waals surface area contributed by atoms with Crippen molar-refractivity contribution in [3.8, 4) is 0 Å². The van der Waals surface area contributed by atoms with Crippen LogP contribution in [-0.2, 0) is 19.1 Å². The quantitative estimate of drug-likeness (QED) is 0.712. The van der Waals surface area contributed by atoms with Crippen LogP contribution >= 0.6 is 0 Å². The molecular weight excluding hydrogens is 250 g/mol. The Morgan fingerprint density at radius 2 is 2.00 bits per heavy atom. The van der Waals surface area contributed by atoms with Gasteiger partial charge in [-0.2, -0.15) is 0 Å². The molecule has 0 radical (unpaired) electrons. The first-order valence-electron chi connectivity index (χ1n) is 6.42. The van der Waals surface area contributed by atoms with Gasteiger partial charge in [0.25, 0.3) is 0 Å². The van der Waals surface area contributed by atoms with E-state index >= 15 is 0 Å². The molecule has 1 rings (SSSR count). The minimum absolute atomic E-state index is 0.0774. The van der Waals surface area contributed by atoms with Gasteiger partial charge in [0.05, 0.1) is 13.2 Å². The van der Waals surface area contributed by atoms with Crippen LogP contribution in [0.25, 0.3) is 0 Å². The average molecular weight is 271 g/mol. The number of likely N-dealkylation sites (tertiary alicyclic amines) is 1. The highest BCUT2D eigenvalue weighted by atomic mass is 16.6. The van der Waals surface area contributed by atoms with Gasteiger partial charge in [-0.1, -0.05) is 0 Å². The van der Waals surface area contributed by atoms with Crippen LogP contribution in [0.2, 0.25) is 0 Å². The van der Waals surface area contributed by atoms with Gasteiger partial charge in [0.2, 0.25) is 0 Å². The normalized spacial score (nSPS) is 20.1. The summed E-state index contributed by atoms with van der Waals surface area (Å²) < 4.78 is 10.1. The number of hydrogen-bond donors (Lipinski definition) is 0. The molecule has 0 bridgehead atoms. The molecule has 1 aliphatic heterocycles. The molecule has 6 heteroatoms. The van der Waals surface area contributed by atoms with E-state index in [-0.39, 0.29) is 31.8 Å². The molecule has 1 saturated heterocycles. The molecule has 108 valence electrons. The maximum absolute atomic E-state index is 12.0. The highest BCUT2D eigenvalue weighted by molar-refractivity contribution is 5.90. The molecule has 0 unspecified atom stereocenters. The maximum atomic E-state index is 12.0. The van der Waals surface area contributed by atoms with Gasteiger partial charge in [-0.15, -0.1) is 0 Å². The summed E-state index contributed by atoms with van der Waals surface area (Å²) in [4.78, 5) is 36.5. The maximum Gasteiger partial charge on any atom is 0.411 e. The van der Waals surface area contributed by atoms with E-state index in [0.29, 0.717) is 0 Å². The Kier molecular flexibility index (Phi) is 4.91. The Bertz CT molecular complexity index is 372. The topological polar surface area (TPSA) is 72.9 Å². The van der Waals surface area contributed by atoms with E-state index in [0.717, 1.165) is 4.90 Å². The molecule has 0 spiro atoms. The van der Waals surface area contributed by atoms with E-state index in [4.69, 9.17) is 9.47 Å². The standard InChI is InChI=1S/C13H21NO5/c1-5-18-11(16)10-7-6-9(15)8-14(10)12(17)19-13(2,3)4/h10H,5-8H2,1-4H3/t10-/m1/s1. The summed E-state index contributed by atoms with van der Waals surface area (Å²) in [6.45, 7) is 7.04. The molecule has 0 saturated carbocycles. The monoisotopic (exact) mass is 271 g/mol. The highest BCUT2D eigenvalue weighted by Crippen LogP contribution is 2.19. The lowest BCUT2D eigenvalue weighted by Crippen LogP contribution is -2.52. The molecule has 1 atom stereocenters. The van der Waals surface area contributed by atoms with E-state index in [1.165, 1.54) is 0 Å². The summed E-state index contributed by atoms with van der Waals surface area (Å²) in [7, 11) is 0. The van der Waals surface area contributed by atoms with Crippen LogP contribution in [0.1, 0.15) is 40.5 Å². The molecular formula is C13H21NO5. The van der Waals surface area contributed by atoms with Crippen LogP contribution < -0.4 is 0 Å². The molecule has 1 amide bonds. The fourth-order valence-corrected chi connectivity index (χ4v) is 1.83. The first-order chi connectivity index (χ1) is 8.74. The predicted octanol–water partition coefficient (Wildman–Crippen LogP) is 1.52. The van der Waals surface area contributed by atoms with E-state index < -0.39 is 23.7 Å². The Morgan fingerprint density at radius 1 is 1.37 bits per heavy atom. The molecule has 0 aromatic carbocycles. The number of carbonyl (C=O) groups is 3. The van der Waals surface area contributed by atoms with Crippen molar-refractivity contribution in [1.82, 2.24) is 4.90 Å². The first kappa shape index (κ1) is 15.5. The number of esters is 1. The van der Waals surface area contributed by atoms with Crippen molar-refractivity contribution in [3.63, 3.8) is 0 Å². The molecule has 1 aliphatic rings. The third-order valence-corrected chi connectivity index (χ3v) is 2.61. The zero-order valence-electron chi connectivity index (χ0n) is 11.9. The first-order valence-corrected chi connectivity index (χ1v) is 6.42. The van der Waals surface area contributed by atoms with Gasteiger partial charge in [0.15, 0.2) is 5.78 Å². The van der Waals surface area contributed by atoms with Gasteiger partial charge >= 0.3 is 12.1 Å². The SMILES string of the molecule is CCOC(=O)[C@H]1CCC(=O)CN1C(=O)OC(C)(C)C. The van der Waals surface area contributed by atoms with Gasteiger partial charge in [0, 0.05) is 6.42 Å². The number of carbonyl (C=O) groups excluding carboxylic acids is 3. The average Bonchev–Trinajstić information content (AvgIpc) is 2.26. The van der Waals surface area contributed by atoms with Gasteiger partial charge in [0.1, 0.15) is 11.6 Å². The third kappa shape index (κ3) is 4.54. The van der Waals surface area contributed by atoms with Crippen LogP contribution in [0.5, 0.6) is 0 Å². The lowest BCUT2D eigenvalue weighted by atomic mass is 10.0. The molecule has 0 N–H and O–H groups in total. The summed E-state index contributed by atoms with van der Waals surface area (Å²) >= 11 is 0. The third-order valence-electron chi connectivity index (χ3n) is 2.61. The minimum atomic E-state index is -0.729. The summed E-state index contributed by atoms with van der Waals surface area (Å²) in [5, 5.41) is 0. The summed E-state index contributed by atoms with van der Waals surface area (Å²) in [6, 6.07) is -0.729. The van der Waals surface area contributed by atoms with Crippen molar-refractivity contribution >= 4 is 17.8 Å². The van der Waals surface area contributed by atoms with Crippen LogP contribution in [0.15, 0.2) is 0 Å². The zero-order valence-corrected chi connectivity index (χ0v) is 11.9. The second-order valence-corrected chi connectivity index (χ2v) is 5.45. The number of ketones is 1. The van der Waals surface area contributed by atoms with Crippen LogP contribution in [0, 0.1) is 0 Å². The minimum Gasteiger partial charge on any atom is -0.464 e. The number of piperidine rings is 1. The van der Waals surface area contributed by atoms with E-state index in [1.54, 1.807) is 27.7 Å². The predicted molar refractivity (Wildman–Crippen MR) is 67.6 cm³/mol. The van der Waals surface area contributed by atoms with Crippen molar-refractivity contribution in [2.24, 2.45) is 0 Å². The van der Waals surface area contributed by atoms with E-state index in [9.17, 15) is 14.4 Å². The zero-order chi connectivity index (χ0) is 14.6. The lowest BCUT2D eigenvalue weighted by Gasteiger charge is -2.34. The number of amides is 1. The lowest BCUT2D eigenvalue weighted by molar-refractivity contribution is -0.151. The van der Waals surface area contributed by atoms with Crippen molar-refractivity contribution in [2.45, 2.75) is 52.2 Å². The number of ether oxygens (including phenoxy) is 2. The highest BCUT2D eigenvalue weighted by Gasteiger charge is 2.38. The fourth-order valence-electron chi connectivity index (χ4n) is 1.83. The van der Waals surface area contributed by atoms with Crippen LogP contribution in [-0.4, -0.2) is 47.5 Å². The van der Waals surface area contributed by atoms with Gasteiger partial charge in [-0.05, 0) is 34.1 Å². The fraction of sp³-hybridized carbons (Fsp3) is 0.769. The molecule has 0 aromatic rings. The van der Waals surface area contributed by atoms with Crippen LogP contribution in [0.3, 0.4) is 0 Å². The number of nitrogens with zero attached hydrogens (tertiary/aromatic N) is 1. The summed E-state index contributed by atoms with van der Waals surface area (Å²) in [5.74, 6) is -0.563. The largest absolute Gasteiger partial charge is 0.464 e. The van der Waals surface area contributed by atoms with Crippen LogP contribution in [0.4, 0.5) is 4.79 Å². The van der Waals surface area contributed by atoms with E-state index in [1.807, 2.05) is 0 Å². The summed E-state index contributed by atoms with van der Waals surface area (Å²) in [5.41, 5.74) is -0.670. The molecule has 1 heterocycles. The second kappa shape index (κ2) is 6.04. The van der Waals surface area contributed by atoms with Crippen molar-refractivity contribution in [3.05, 3.63) is 0 Å². The van der Waals surface area contributed by atoms with Crippen molar-refractivity contribution in [1.29, 1.82) is 0 Å². The van der Waals surface area contributed by atoms with Gasteiger partial charge in [-0.25, -0.2) is 9.59 Å². The molecule has 19 heavy (non-hydrogen) atoms. The Hall–Kier alpha value is -1.59. The molecule has 6 nitrogen and oxygen atoms in total. The van der Waals surface area contributed by atoms with Gasteiger partial charge in [-0.3, -0.25) is 9.69 Å². The Morgan fingerprint density at radius 3 is 2.53 bits per heavy atom. The molecule has 0 aromatic heterocycles. The summed E-state index contributed by atoms with van der Waals surface area (Å²) in [6.07, 6.45) is -0.0849. The number of Topliss-reactive ketones (excluding diaryl/α,β-unsaturated/α-hetero) is 1. The second-order valence-electron chi connectivity index (χ2n) is 5.45. The number of rotatable bonds is 2. The Balaban J connectivity index is 2.81. The molecule has 1 fully saturated rings.